The van der Waals surface area contributed by atoms with Gasteiger partial charge in [0.1, 0.15) is 5.75 Å². The second-order valence-electron chi connectivity index (χ2n) is 9.03. The Hall–Kier alpha value is -3.07. The summed E-state index contributed by atoms with van der Waals surface area (Å²) in [5.41, 5.74) is 2.24. The number of rotatable bonds is 3. The highest BCUT2D eigenvalue weighted by atomic mass is 16.5. The van der Waals surface area contributed by atoms with Crippen LogP contribution in [0.2, 0.25) is 0 Å². The molecule has 0 saturated carbocycles. The predicted octanol–water partition coefficient (Wildman–Crippen LogP) is 4.11. The normalized spacial score (nSPS) is 23.4. The van der Waals surface area contributed by atoms with Crippen molar-refractivity contribution < 1.29 is 14.3 Å². The highest BCUT2D eigenvalue weighted by molar-refractivity contribution is 6.04. The van der Waals surface area contributed by atoms with E-state index < -0.39 is 0 Å². The van der Waals surface area contributed by atoms with Gasteiger partial charge in [0.2, 0.25) is 0 Å². The highest BCUT2D eigenvalue weighted by Gasteiger charge is 2.42. The monoisotopic (exact) mass is 470 g/mol. The van der Waals surface area contributed by atoms with Crippen molar-refractivity contribution >= 4 is 17.8 Å². The van der Waals surface area contributed by atoms with E-state index in [2.05, 4.69) is 27.3 Å². The highest BCUT2D eigenvalue weighted by Crippen LogP contribution is 2.37. The summed E-state index contributed by atoms with van der Waals surface area (Å²) in [6, 6.07) is 7.58. The van der Waals surface area contributed by atoms with E-state index >= 15 is 0 Å². The molecule has 0 spiro atoms. The molecule has 9 heteroatoms. The van der Waals surface area contributed by atoms with E-state index in [4.69, 9.17) is 4.74 Å². The third-order valence-electron chi connectivity index (χ3n) is 7.11. The predicted molar refractivity (Wildman–Crippen MR) is 133 cm³/mol. The molecule has 3 amide bonds. The van der Waals surface area contributed by atoms with Crippen molar-refractivity contribution in [1.29, 1.82) is 0 Å². The summed E-state index contributed by atoms with van der Waals surface area (Å²) in [5.74, 6) is 0.831. The SMILES string of the molecule is C.C.COc1cccc(C(=O)Nc2n[nH]c3c2CN(C(=O)N2C[C@@H]4CCCN4C[C@@H]2C)C3C)c1. The lowest BCUT2D eigenvalue weighted by Gasteiger charge is -2.44. The van der Waals surface area contributed by atoms with Crippen LogP contribution in [0.5, 0.6) is 5.75 Å². The van der Waals surface area contributed by atoms with Gasteiger partial charge in [0, 0.05) is 36.3 Å². The van der Waals surface area contributed by atoms with E-state index in [1.165, 1.54) is 6.42 Å². The number of aromatic amines is 1. The van der Waals surface area contributed by atoms with Gasteiger partial charge in [-0.05, 0) is 51.4 Å². The van der Waals surface area contributed by atoms with E-state index in [0.29, 0.717) is 29.7 Å². The number of H-pyrrole nitrogens is 1. The summed E-state index contributed by atoms with van der Waals surface area (Å²) >= 11 is 0. The average Bonchev–Trinajstić information content (AvgIpc) is 3.50. The summed E-state index contributed by atoms with van der Waals surface area (Å²) in [6.07, 6.45) is 2.38. The number of nitrogens with zero attached hydrogens (tertiary/aromatic N) is 4. The van der Waals surface area contributed by atoms with Crippen molar-refractivity contribution in [2.24, 2.45) is 0 Å². The van der Waals surface area contributed by atoms with Gasteiger partial charge in [0.25, 0.3) is 5.91 Å². The maximum Gasteiger partial charge on any atom is 0.321 e. The quantitative estimate of drug-likeness (QED) is 0.704. The molecule has 1 unspecified atom stereocenters. The molecule has 1 aromatic carbocycles. The number of benzene rings is 1. The number of ether oxygens (including phenoxy) is 1. The molecule has 0 aliphatic carbocycles. The molecular weight excluding hydrogens is 432 g/mol. The third-order valence-corrected chi connectivity index (χ3v) is 7.11. The van der Waals surface area contributed by atoms with Gasteiger partial charge >= 0.3 is 6.03 Å². The number of carbonyl (C=O) groups is 2. The first-order chi connectivity index (χ1) is 15.5. The summed E-state index contributed by atoms with van der Waals surface area (Å²) in [7, 11) is 1.57. The first-order valence-corrected chi connectivity index (χ1v) is 11.3. The molecule has 2 aromatic rings. The van der Waals surface area contributed by atoms with Gasteiger partial charge in [-0.15, -0.1) is 0 Å². The Morgan fingerprint density at radius 3 is 2.74 bits per heavy atom. The molecule has 1 aromatic heterocycles. The van der Waals surface area contributed by atoms with Crippen molar-refractivity contribution in [2.45, 2.75) is 66.2 Å². The van der Waals surface area contributed by atoms with Crippen LogP contribution in [-0.4, -0.2) is 75.7 Å². The lowest BCUT2D eigenvalue weighted by Crippen LogP contribution is -2.59. The molecule has 186 valence electrons. The molecule has 9 nitrogen and oxygen atoms in total. The molecule has 3 aliphatic heterocycles. The first-order valence-electron chi connectivity index (χ1n) is 11.3. The van der Waals surface area contributed by atoms with Gasteiger partial charge in [0.05, 0.1) is 25.4 Å². The van der Waals surface area contributed by atoms with Crippen LogP contribution in [0.25, 0.3) is 0 Å². The van der Waals surface area contributed by atoms with Crippen molar-refractivity contribution in [3.8, 4) is 5.75 Å². The first kappa shape index (κ1) is 25.6. The summed E-state index contributed by atoms with van der Waals surface area (Å²) in [5, 5.41) is 10.2. The van der Waals surface area contributed by atoms with Gasteiger partial charge < -0.3 is 19.9 Å². The molecule has 5 rings (SSSR count). The number of fused-ring (bicyclic) bond motifs is 2. The number of aromatic nitrogens is 2. The average molecular weight is 471 g/mol. The molecule has 4 heterocycles. The minimum Gasteiger partial charge on any atom is -0.497 e. The van der Waals surface area contributed by atoms with Crippen molar-refractivity contribution in [3.05, 3.63) is 41.1 Å². The van der Waals surface area contributed by atoms with Gasteiger partial charge in [-0.2, -0.15) is 5.10 Å². The fraction of sp³-hybridized carbons (Fsp3) is 0.560. The number of hydrogen-bond donors (Lipinski definition) is 2. The number of methoxy groups -OCH3 is 1. The molecule has 2 N–H and O–H groups in total. The van der Waals surface area contributed by atoms with Crippen LogP contribution in [0.1, 0.15) is 69.2 Å². The summed E-state index contributed by atoms with van der Waals surface area (Å²) in [6.45, 7) is 7.43. The number of piperazine rings is 1. The standard InChI is InChI=1S/C23H30N6O3.2CH4/c1-14-11-27-9-5-7-17(27)12-28(14)23(31)29-13-19-20(15(29)2)25-26-21(19)24-22(30)16-6-4-8-18(10-16)32-3;;/h4,6,8,10,14-15,17H,5,7,9,11-13H2,1-3H3,(H2,24,25,26,30);2*1H4/t14-,15?,17-;;/m0../s1. The Morgan fingerprint density at radius 1 is 1.18 bits per heavy atom. The molecule has 2 fully saturated rings. The van der Waals surface area contributed by atoms with Gasteiger partial charge in [-0.3, -0.25) is 14.8 Å². The van der Waals surface area contributed by atoms with Gasteiger partial charge in [-0.25, -0.2) is 4.79 Å². The van der Waals surface area contributed by atoms with Crippen LogP contribution in [0.15, 0.2) is 24.3 Å². The largest absolute Gasteiger partial charge is 0.497 e. The third kappa shape index (κ3) is 4.36. The zero-order valence-electron chi connectivity index (χ0n) is 18.8. The Balaban J connectivity index is 0.00000162. The second-order valence-corrected chi connectivity index (χ2v) is 9.03. The Labute approximate surface area is 202 Å². The fourth-order valence-corrected chi connectivity index (χ4v) is 5.25. The van der Waals surface area contributed by atoms with Crippen LogP contribution in [0.4, 0.5) is 10.6 Å². The topological polar surface area (TPSA) is 93.8 Å². The molecule has 0 radical (unpaired) electrons. The Kier molecular flexibility index (Phi) is 7.55. The fourth-order valence-electron chi connectivity index (χ4n) is 5.25. The lowest BCUT2D eigenvalue weighted by atomic mass is 10.1. The number of hydrogen-bond acceptors (Lipinski definition) is 5. The minimum atomic E-state index is -0.262. The molecule has 0 bridgehead atoms. The van der Waals surface area contributed by atoms with Crippen molar-refractivity contribution in [3.63, 3.8) is 0 Å². The molecule has 3 atom stereocenters. The summed E-state index contributed by atoms with van der Waals surface area (Å²) < 4.78 is 5.21. The van der Waals surface area contributed by atoms with Gasteiger partial charge in [-0.1, -0.05) is 20.9 Å². The van der Waals surface area contributed by atoms with Crippen LogP contribution >= 0.6 is 0 Å². The number of anilines is 1. The number of carbonyl (C=O) groups excluding carboxylic acids is 2. The Morgan fingerprint density at radius 2 is 1.97 bits per heavy atom. The number of urea groups is 1. The van der Waals surface area contributed by atoms with Gasteiger partial charge in [0.15, 0.2) is 5.82 Å². The molecule has 2 saturated heterocycles. The van der Waals surface area contributed by atoms with Crippen LogP contribution < -0.4 is 10.1 Å². The van der Waals surface area contributed by atoms with E-state index in [1.807, 2.05) is 16.7 Å². The molecule has 34 heavy (non-hydrogen) atoms. The maximum absolute atomic E-state index is 13.5. The van der Waals surface area contributed by atoms with E-state index in [9.17, 15) is 9.59 Å². The number of amides is 3. The van der Waals surface area contributed by atoms with E-state index in [-0.39, 0.29) is 38.9 Å². The second kappa shape index (κ2) is 10.0. The van der Waals surface area contributed by atoms with Crippen molar-refractivity contribution in [1.82, 2.24) is 24.9 Å². The maximum atomic E-state index is 13.5. The van der Waals surface area contributed by atoms with Crippen LogP contribution in [-0.2, 0) is 6.54 Å². The summed E-state index contributed by atoms with van der Waals surface area (Å²) in [4.78, 5) is 32.7. The zero-order valence-corrected chi connectivity index (χ0v) is 18.8. The lowest BCUT2D eigenvalue weighted by molar-refractivity contribution is 0.0580. The number of nitrogens with one attached hydrogen (secondary N) is 2. The van der Waals surface area contributed by atoms with Crippen LogP contribution in [0.3, 0.4) is 0 Å². The smallest absolute Gasteiger partial charge is 0.321 e. The minimum absolute atomic E-state index is 0. The van der Waals surface area contributed by atoms with E-state index in [0.717, 1.165) is 37.3 Å². The van der Waals surface area contributed by atoms with Crippen LogP contribution in [0, 0.1) is 0 Å². The Bertz CT molecular complexity index is 1040. The molecule has 3 aliphatic rings. The zero-order chi connectivity index (χ0) is 22.4. The van der Waals surface area contributed by atoms with E-state index in [1.54, 1.807) is 31.4 Å². The van der Waals surface area contributed by atoms with Crippen molar-refractivity contribution in [2.75, 3.05) is 32.1 Å². The molecular formula is C25H38N6O3.